The molecule has 0 radical (unpaired) electrons. The van der Waals surface area contributed by atoms with Gasteiger partial charge in [0.05, 0.1) is 0 Å². The van der Waals surface area contributed by atoms with Gasteiger partial charge in [-0.15, -0.1) is 0 Å². The molecule has 0 aromatic heterocycles. The summed E-state index contributed by atoms with van der Waals surface area (Å²) in [5.41, 5.74) is 0. The Morgan fingerprint density at radius 2 is 2.00 bits per heavy atom. The highest BCUT2D eigenvalue weighted by Gasteiger charge is 2.12. The maximum atomic E-state index is 3.61. The Balaban J connectivity index is 1.79. The van der Waals surface area contributed by atoms with Crippen LogP contribution >= 0.6 is 11.8 Å². The molecule has 1 atom stereocenters. The molecule has 1 aliphatic heterocycles. The van der Waals surface area contributed by atoms with Crippen LogP contribution in [-0.2, 0) is 0 Å². The van der Waals surface area contributed by atoms with E-state index in [2.05, 4.69) is 24.0 Å². The molecule has 1 unspecified atom stereocenters. The molecule has 1 aliphatic rings. The van der Waals surface area contributed by atoms with Gasteiger partial charge in [-0.1, -0.05) is 39.0 Å². The fourth-order valence-electron chi connectivity index (χ4n) is 2.08. The molecule has 1 nitrogen and oxygen atoms in total. The summed E-state index contributed by atoms with van der Waals surface area (Å²) in [6.07, 6.45) is 11.3. The Bertz CT molecular complexity index is 132. The van der Waals surface area contributed by atoms with Crippen LogP contribution in [0.2, 0.25) is 0 Å². The van der Waals surface area contributed by atoms with Crippen molar-refractivity contribution in [1.82, 2.24) is 5.32 Å². The Morgan fingerprint density at radius 1 is 1.13 bits per heavy atom. The molecule has 1 rings (SSSR count). The van der Waals surface area contributed by atoms with Gasteiger partial charge in [0.2, 0.25) is 0 Å². The summed E-state index contributed by atoms with van der Waals surface area (Å²) in [5.74, 6) is 1.39. The Morgan fingerprint density at radius 3 is 2.73 bits per heavy atom. The fourth-order valence-corrected chi connectivity index (χ4v) is 3.36. The van der Waals surface area contributed by atoms with Crippen LogP contribution in [0.1, 0.15) is 58.3 Å². The molecule has 0 amide bonds. The molecule has 1 heterocycles. The second-order valence-electron chi connectivity index (χ2n) is 4.61. The topological polar surface area (TPSA) is 12.0 Å². The van der Waals surface area contributed by atoms with Crippen LogP contribution < -0.4 is 5.32 Å². The number of nitrogens with one attached hydrogen (secondary N) is 1. The third-order valence-corrected chi connectivity index (χ3v) is 4.50. The highest BCUT2D eigenvalue weighted by molar-refractivity contribution is 7.99. The lowest BCUT2D eigenvalue weighted by Gasteiger charge is -2.21. The van der Waals surface area contributed by atoms with E-state index in [4.69, 9.17) is 0 Å². The van der Waals surface area contributed by atoms with Gasteiger partial charge in [-0.3, -0.25) is 0 Å². The normalized spacial score (nSPS) is 21.8. The first-order valence-electron chi connectivity index (χ1n) is 6.76. The minimum Gasteiger partial charge on any atom is -0.316 e. The highest BCUT2D eigenvalue weighted by atomic mass is 32.2. The predicted molar refractivity (Wildman–Crippen MR) is 71.7 cm³/mol. The van der Waals surface area contributed by atoms with E-state index in [1.165, 1.54) is 70.2 Å². The fraction of sp³-hybridized carbons (Fsp3) is 1.00. The summed E-state index contributed by atoms with van der Waals surface area (Å²) in [6, 6.07) is 0. The van der Waals surface area contributed by atoms with Gasteiger partial charge in [0.25, 0.3) is 0 Å². The molecular weight excluding hydrogens is 202 g/mol. The van der Waals surface area contributed by atoms with Gasteiger partial charge < -0.3 is 5.32 Å². The summed E-state index contributed by atoms with van der Waals surface area (Å²) >= 11 is 2.17. The Labute approximate surface area is 99.8 Å². The van der Waals surface area contributed by atoms with Crippen molar-refractivity contribution in [2.75, 3.05) is 18.8 Å². The Hall–Kier alpha value is 0.310. The largest absolute Gasteiger partial charge is 0.316 e. The van der Waals surface area contributed by atoms with Crippen LogP contribution in [0.15, 0.2) is 0 Å². The summed E-state index contributed by atoms with van der Waals surface area (Å²) in [4.78, 5) is 0. The van der Waals surface area contributed by atoms with Gasteiger partial charge in [-0.05, 0) is 31.6 Å². The van der Waals surface area contributed by atoms with Crippen molar-refractivity contribution < 1.29 is 0 Å². The van der Waals surface area contributed by atoms with Crippen LogP contribution in [-0.4, -0.2) is 24.1 Å². The number of unbranched alkanes of at least 4 members (excludes halogenated alkanes) is 4. The molecule has 1 N–H and O–H groups in total. The standard InChI is InChI=1S/C13H27NS/c1-2-3-4-5-7-10-14-12-13-9-6-8-11-15-13/h13-14H,2-12H2,1H3. The van der Waals surface area contributed by atoms with Gasteiger partial charge >= 0.3 is 0 Å². The van der Waals surface area contributed by atoms with Gasteiger partial charge in [0, 0.05) is 11.8 Å². The monoisotopic (exact) mass is 229 g/mol. The molecule has 1 fully saturated rings. The van der Waals surface area contributed by atoms with Crippen molar-refractivity contribution >= 4 is 11.8 Å². The predicted octanol–water partition coefficient (Wildman–Crippen LogP) is 3.83. The zero-order chi connectivity index (χ0) is 10.8. The van der Waals surface area contributed by atoms with Gasteiger partial charge in [-0.25, -0.2) is 0 Å². The number of hydrogen-bond donors (Lipinski definition) is 1. The van der Waals surface area contributed by atoms with E-state index in [-0.39, 0.29) is 0 Å². The summed E-state index contributed by atoms with van der Waals surface area (Å²) in [5, 5.41) is 4.52. The summed E-state index contributed by atoms with van der Waals surface area (Å²) in [6.45, 7) is 4.76. The zero-order valence-electron chi connectivity index (χ0n) is 10.3. The first-order valence-corrected chi connectivity index (χ1v) is 7.80. The average molecular weight is 229 g/mol. The van der Waals surface area contributed by atoms with Crippen LogP contribution in [0.25, 0.3) is 0 Å². The van der Waals surface area contributed by atoms with E-state index in [0.717, 1.165) is 5.25 Å². The molecule has 0 aromatic rings. The minimum atomic E-state index is 0.911. The first kappa shape index (κ1) is 13.4. The third-order valence-electron chi connectivity index (χ3n) is 3.10. The molecule has 2 heteroatoms. The van der Waals surface area contributed by atoms with Crippen molar-refractivity contribution in [2.24, 2.45) is 0 Å². The summed E-state index contributed by atoms with van der Waals surface area (Å²) < 4.78 is 0. The lowest BCUT2D eigenvalue weighted by atomic mass is 10.1. The summed E-state index contributed by atoms with van der Waals surface area (Å²) in [7, 11) is 0. The maximum absolute atomic E-state index is 3.61. The molecule has 0 bridgehead atoms. The third kappa shape index (κ3) is 7.24. The smallest absolute Gasteiger partial charge is 0.0172 e. The first-order chi connectivity index (χ1) is 7.43. The minimum absolute atomic E-state index is 0.911. The van der Waals surface area contributed by atoms with Crippen LogP contribution in [0.4, 0.5) is 0 Å². The lowest BCUT2D eigenvalue weighted by molar-refractivity contribution is 0.559. The lowest BCUT2D eigenvalue weighted by Crippen LogP contribution is -2.27. The number of rotatable bonds is 8. The number of thioether (sulfide) groups is 1. The van der Waals surface area contributed by atoms with Crippen molar-refractivity contribution in [1.29, 1.82) is 0 Å². The molecule has 0 aromatic carbocycles. The molecule has 0 aliphatic carbocycles. The molecule has 1 saturated heterocycles. The van der Waals surface area contributed by atoms with E-state index in [0.29, 0.717) is 0 Å². The van der Waals surface area contributed by atoms with E-state index < -0.39 is 0 Å². The van der Waals surface area contributed by atoms with Crippen molar-refractivity contribution in [3.8, 4) is 0 Å². The van der Waals surface area contributed by atoms with Crippen molar-refractivity contribution in [3.63, 3.8) is 0 Å². The van der Waals surface area contributed by atoms with Crippen LogP contribution in [0.5, 0.6) is 0 Å². The second-order valence-corrected chi connectivity index (χ2v) is 6.02. The zero-order valence-corrected chi connectivity index (χ0v) is 11.1. The van der Waals surface area contributed by atoms with E-state index >= 15 is 0 Å². The van der Waals surface area contributed by atoms with Crippen LogP contribution in [0.3, 0.4) is 0 Å². The molecule has 90 valence electrons. The number of hydrogen-bond acceptors (Lipinski definition) is 2. The molecule has 0 saturated carbocycles. The molecule has 0 spiro atoms. The average Bonchev–Trinajstić information content (AvgIpc) is 2.29. The van der Waals surface area contributed by atoms with Gasteiger partial charge in [0.1, 0.15) is 0 Å². The Kier molecular flexibility index (Phi) is 8.50. The van der Waals surface area contributed by atoms with E-state index in [9.17, 15) is 0 Å². The van der Waals surface area contributed by atoms with Crippen LogP contribution in [0, 0.1) is 0 Å². The van der Waals surface area contributed by atoms with Crippen molar-refractivity contribution in [2.45, 2.75) is 63.5 Å². The van der Waals surface area contributed by atoms with E-state index in [1.54, 1.807) is 0 Å². The highest BCUT2D eigenvalue weighted by Crippen LogP contribution is 2.24. The SMILES string of the molecule is CCCCCCCNCC1CCCCS1. The maximum Gasteiger partial charge on any atom is 0.0172 e. The van der Waals surface area contributed by atoms with E-state index in [1.807, 2.05) is 0 Å². The quantitative estimate of drug-likeness (QED) is 0.635. The molecular formula is C13H27NS. The van der Waals surface area contributed by atoms with Gasteiger partial charge in [-0.2, -0.15) is 11.8 Å². The van der Waals surface area contributed by atoms with Gasteiger partial charge in [0.15, 0.2) is 0 Å². The second kappa shape index (κ2) is 9.53. The van der Waals surface area contributed by atoms with Crippen molar-refractivity contribution in [3.05, 3.63) is 0 Å². The molecule has 15 heavy (non-hydrogen) atoms.